The normalized spacial score (nSPS) is 16.3. The first-order valence-electron chi connectivity index (χ1n) is 6.87. The summed E-state index contributed by atoms with van der Waals surface area (Å²) in [5.74, 6) is 1.42. The van der Waals surface area contributed by atoms with E-state index in [1.165, 1.54) is 0 Å². The van der Waals surface area contributed by atoms with Crippen LogP contribution in [0, 0.1) is 12.3 Å². The topological polar surface area (TPSA) is 84.9 Å². The molecular weight excluding hydrogens is 286 g/mol. The number of carbonyl (C=O) groups is 2. The van der Waals surface area contributed by atoms with E-state index < -0.39 is 17.4 Å². The highest BCUT2D eigenvalue weighted by Crippen LogP contribution is 2.22. The Morgan fingerprint density at radius 1 is 1.32 bits per heavy atom. The maximum atomic E-state index is 12.3. The Hall–Kier alpha value is -2.52. The molecular formula is C16H17NO5. The molecule has 6 heteroatoms. The molecule has 0 radical (unpaired) electrons. The molecule has 22 heavy (non-hydrogen) atoms. The third-order valence-electron chi connectivity index (χ3n) is 3.55. The molecule has 0 saturated carbocycles. The zero-order valence-corrected chi connectivity index (χ0v) is 12.0. The first kappa shape index (κ1) is 15.9. The molecule has 1 saturated heterocycles. The summed E-state index contributed by atoms with van der Waals surface area (Å²) >= 11 is 0. The Morgan fingerprint density at radius 2 is 1.95 bits per heavy atom. The van der Waals surface area contributed by atoms with Crippen molar-refractivity contribution in [3.8, 4) is 18.1 Å². The average molecular weight is 303 g/mol. The summed E-state index contributed by atoms with van der Waals surface area (Å²) in [6.07, 6.45) is 5.59. The second kappa shape index (κ2) is 6.96. The smallest absolute Gasteiger partial charge is 0.329 e. The monoisotopic (exact) mass is 303 g/mol. The second-order valence-corrected chi connectivity index (χ2v) is 4.97. The lowest BCUT2D eigenvalue weighted by molar-refractivity contribution is -0.148. The number of rotatable bonds is 5. The molecule has 2 rings (SSSR count). The summed E-state index contributed by atoms with van der Waals surface area (Å²) in [4.78, 5) is 23.8. The highest BCUT2D eigenvalue weighted by atomic mass is 16.5. The van der Waals surface area contributed by atoms with Crippen molar-refractivity contribution in [3.63, 3.8) is 0 Å². The van der Waals surface area contributed by atoms with Gasteiger partial charge in [-0.05, 0) is 24.3 Å². The van der Waals surface area contributed by atoms with Gasteiger partial charge in [0.2, 0.25) is 0 Å². The Balaban J connectivity index is 2.07. The molecule has 0 bridgehead atoms. The lowest BCUT2D eigenvalue weighted by Gasteiger charge is -2.33. The van der Waals surface area contributed by atoms with Crippen molar-refractivity contribution in [1.82, 2.24) is 5.32 Å². The van der Waals surface area contributed by atoms with Gasteiger partial charge in [-0.1, -0.05) is 5.92 Å². The van der Waals surface area contributed by atoms with E-state index in [9.17, 15) is 14.7 Å². The van der Waals surface area contributed by atoms with E-state index in [1.807, 2.05) is 0 Å². The molecule has 0 aliphatic carbocycles. The minimum atomic E-state index is -1.27. The zero-order chi connectivity index (χ0) is 16.0. The number of aliphatic carboxylic acids is 1. The number of terminal acetylenes is 1. The maximum absolute atomic E-state index is 12.3. The summed E-state index contributed by atoms with van der Waals surface area (Å²) < 4.78 is 10.4. The lowest BCUT2D eigenvalue weighted by Crippen LogP contribution is -2.57. The summed E-state index contributed by atoms with van der Waals surface area (Å²) in [6, 6.07) is 6.36. The molecule has 1 aliphatic rings. The predicted molar refractivity (Wildman–Crippen MR) is 78.7 cm³/mol. The first-order valence-corrected chi connectivity index (χ1v) is 6.87. The van der Waals surface area contributed by atoms with Crippen molar-refractivity contribution in [2.24, 2.45) is 0 Å². The van der Waals surface area contributed by atoms with Crippen LogP contribution in [0.15, 0.2) is 24.3 Å². The van der Waals surface area contributed by atoms with Gasteiger partial charge in [0.05, 0.1) is 0 Å². The Kier molecular flexibility index (Phi) is 5.02. The van der Waals surface area contributed by atoms with Crippen molar-refractivity contribution < 1.29 is 24.2 Å². The molecule has 2 N–H and O–H groups in total. The van der Waals surface area contributed by atoms with Crippen LogP contribution in [0.3, 0.4) is 0 Å². The molecule has 116 valence electrons. The Labute approximate surface area is 128 Å². The SMILES string of the molecule is C#CCOc1ccc(C(=O)NC2(C(=O)O)CCOCC2)cc1. The number of hydrogen-bond donors (Lipinski definition) is 2. The van der Waals surface area contributed by atoms with Crippen molar-refractivity contribution in [1.29, 1.82) is 0 Å². The number of carboxylic acids is 1. The van der Waals surface area contributed by atoms with Gasteiger partial charge in [-0.3, -0.25) is 4.79 Å². The van der Waals surface area contributed by atoms with Crippen molar-refractivity contribution >= 4 is 11.9 Å². The van der Waals surface area contributed by atoms with Crippen LogP contribution >= 0.6 is 0 Å². The summed E-state index contributed by atoms with van der Waals surface area (Å²) in [7, 11) is 0. The Bertz CT molecular complexity index is 582. The van der Waals surface area contributed by atoms with E-state index in [0.29, 0.717) is 24.5 Å². The van der Waals surface area contributed by atoms with Gasteiger partial charge < -0.3 is 19.9 Å². The number of hydrogen-bond acceptors (Lipinski definition) is 4. The van der Waals surface area contributed by atoms with Gasteiger partial charge in [-0.2, -0.15) is 0 Å². The quantitative estimate of drug-likeness (QED) is 0.795. The molecule has 0 atom stereocenters. The minimum Gasteiger partial charge on any atom is -0.481 e. The standard InChI is InChI=1S/C16H17NO5/c1-2-9-22-13-5-3-12(4-6-13)14(18)17-16(15(19)20)7-10-21-11-8-16/h1,3-6H,7-11H2,(H,17,18)(H,19,20). The fourth-order valence-corrected chi connectivity index (χ4v) is 2.23. The number of carbonyl (C=O) groups excluding carboxylic acids is 1. The van der Waals surface area contributed by atoms with Crippen molar-refractivity contribution in [3.05, 3.63) is 29.8 Å². The average Bonchev–Trinajstić information content (AvgIpc) is 2.54. The third-order valence-corrected chi connectivity index (χ3v) is 3.55. The summed E-state index contributed by atoms with van der Waals surface area (Å²) in [5.41, 5.74) is -0.909. The number of nitrogens with one attached hydrogen (secondary N) is 1. The van der Waals surface area contributed by atoms with E-state index in [2.05, 4.69) is 11.2 Å². The van der Waals surface area contributed by atoms with Crippen LogP contribution in [0.4, 0.5) is 0 Å². The van der Waals surface area contributed by atoms with Gasteiger partial charge in [0.15, 0.2) is 0 Å². The van der Waals surface area contributed by atoms with Crippen molar-refractivity contribution in [2.75, 3.05) is 19.8 Å². The van der Waals surface area contributed by atoms with Crippen LogP contribution < -0.4 is 10.1 Å². The fraction of sp³-hybridized carbons (Fsp3) is 0.375. The minimum absolute atomic E-state index is 0.146. The first-order chi connectivity index (χ1) is 10.6. The Morgan fingerprint density at radius 3 is 2.50 bits per heavy atom. The largest absolute Gasteiger partial charge is 0.481 e. The second-order valence-electron chi connectivity index (χ2n) is 4.97. The number of carboxylic acid groups (broad SMARTS) is 1. The lowest BCUT2D eigenvalue weighted by atomic mass is 9.89. The van der Waals surface area contributed by atoms with E-state index >= 15 is 0 Å². The van der Waals surface area contributed by atoms with Crippen LogP contribution in [0.25, 0.3) is 0 Å². The van der Waals surface area contributed by atoms with Gasteiger partial charge in [-0.25, -0.2) is 4.79 Å². The van der Waals surface area contributed by atoms with E-state index in [0.717, 1.165) is 0 Å². The molecule has 1 aliphatic heterocycles. The van der Waals surface area contributed by atoms with Crippen LogP contribution in [0.2, 0.25) is 0 Å². The predicted octanol–water partition coefficient (Wildman–Crippen LogP) is 1.06. The van der Waals surface area contributed by atoms with E-state index in [1.54, 1.807) is 24.3 Å². The molecule has 1 aromatic rings. The molecule has 0 aromatic heterocycles. The fourth-order valence-electron chi connectivity index (χ4n) is 2.23. The summed E-state index contributed by atoms with van der Waals surface area (Å²) in [5, 5.41) is 12.0. The highest BCUT2D eigenvalue weighted by Gasteiger charge is 2.41. The number of amides is 1. The zero-order valence-electron chi connectivity index (χ0n) is 12.0. The highest BCUT2D eigenvalue weighted by molar-refractivity contribution is 5.98. The van der Waals surface area contributed by atoms with Crippen LogP contribution in [0.1, 0.15) is 23.2 Å². The van der Waals surface area contributed by atoms with Gasteiger partial charge in [-0.15, -0.1) is 6.42 Å². The maximum Gasteiger partial charge on any atom is 0.329 e. The van der Waals surface area contributed by atoms with Gasteiger partial charge in [0, 0.05) is 31.6 Å². The molecule has 0 spiro atoms. The van der Waals surface area contributed by atoms with E-state index in [-0.39, 0.29) is 19.4 Å². The molecule has 0 unspecified atom stereocenters. The number of benzene rings is 1. The van der Waals surface area contributed by atoms with Crippen LogP contribution in [-0.4, -0.2) is 42.3 Å². The molecule has 1 aromatic carbocycles. The summed E-state index contributed by atoms with van der Waals surface area (Å²) in [6.45, 7) is 0.768. The molecule has 1 fully saturated rings. The van der Waals surface area contributed by atoms with Crippen molar-refractivity contribution in [2.45, 2.75) is 18.4 Å². The number of ether oxygens (including phenoxy) is 2. The molecule has 6 nitrogen and oxygen atoms in total. The van der Waals surface area contributed by atoms with Gasteiger partial charge in [0.1, 0.15) is 17.9 Å². The van der Waals surface area contributed by atoms with Crippen LogP contribution in [-0.2, 0) is 9.53 Å². The van der Waals surface area contributed by atoms with Crippen LogP contribution in [0.5, 0.6) is 5.75 Å². The molecule has 1 amide bonds. The third kappa shape index (κ3) is 3.57. The molecule has 1 heterocycles. The van der Waals surface area contributed by atoms with Gasteiger partial charge in [0.25, 0.3) is 5.91 Å². The van der Waals surface area contributed by atoms with E-state index in [4.69, 9.17) is 15.9 Å². The van der Waals surface area contributed by atoms with Gasteiger partial charge >= 0.3 is 5.97 Å².